The summed E-state index contributed by atoms with van der Waals surface area (Å²) in [6.45, 7) is 10.0. The first kappa shape index (κ1) is 14.5. The van der Waals surface area contributed by atoms with E-state index in [1.54, 1.807) is 0 Å². The summed E-state index contributed by atoms with van der Waals surface area (Å²) in [5.74, 6) is 0. The van der Waals surface area contributed by atoms with Crippen LogP contribution in [0.2, 0.25) is 0 Å². The summed E-state index contributed by atoms with van der Waals surface area (Å²) < 4.78 is 0. The van der Waals surface area contributed by atoms with Gasteiger partial charge in [0.15, 0.2) is 0 Å². The molecule has 15 heavy (non-hydrogen) atoms. The second-order valence-electron chi connectivity index (χ2n) is 4.46. The smallest absolute Gasteiger partial charge is 0.0638 e. The molecule has 0 aliphatic heterocycles. The highest BCUT2D eigenvalue weighted by atomic mass is 15.2. The van der Waals surface area contributed by atoms with Gasteiger partial charge in [0.2, 0.25) is 0 Å². The third kappa shape index (κ3) is 5.79. The molecular weight excluding hydrogens is 184 g/mol. The quantitative estimate of drug-likeness (QED) is 0.573. The molecule has 0 amide bonds. The second kappa shape index (κ2) is 8.73. The number of nitrogens with zero attached hydrogens (tertiary/aromatic N) is 2. The molecule has 0 aliphatic rings. The molecule has 0 spiro atoms. The zero-order valence-corrected chi connectivity index (χ0v) is 10.8. The molecule has 0 saturated heterocycles. The summed E-state index contributed by atoms with van der Waals surface area (Å²) >= 11 is 0. The van der Waals surface area contributed by atoms with Crippen molar-refractivity contribution in [1.29, 1.82) is 5.26 Å². The summed E-state index contributed by atoms with van der Waals surface area (Å²) in [7, 11) is 0. The minimum absolute atomic E-state index is 0.451. The van der Waals surface area contributed by atoms with Crippen LogP contribution >= 0.6 is 0 Å². The van der Waals surface area contributed by atoms with E-state index in [2.05, 4.69) is 38.7 Å². The zero-order valence-electron chi connectivity index (χ0n) is 10.8. The lowest BCUT2D eigenvalue weighted by Gasteiger charge is -2.33. The first-order valence-corrected chi connectivity index (χ1v) is 6.30. The summed E-state index contributed by atoms with van der Waals surface area (Å²) in [4.78, 5) is 2.48. The van der Waals surface area contributed by atoms with Crippen molar-refractivity contribution >= 4 is 0 Å². The van der Waals surface area contributed by atoms with E-state index in [1.807, 2.05) is 0 Å². The summed E-state index contributed by atoms with van der Waals surface area (Å²) in [5, 5.41) is 8.79. The third-order valence-corrected chi connectivity index (χ3v) is 2.95. The molecule has 0 saturated carbocycles. The largest absolute Gasteiger partial charge is 0.297 e. The number of unbranched alkanes of at least 4 members (excludes halogenated alkanes) is 2. The predicted octanol–water partition coefficient (Wildman–Crippen LogP) is 3.58. The van der Waals surface area contributed by atoms with Gasteiger partial charge >= 0.3 is 0 Å². The maximum absolute atomic E-state index is 8.79. The molecule has 0 aliphatic carbocycles. The van der Waals surface area contributed by atoms with Crippen molar-refractivity contribution in [2.45, 2.75) is 71.9 Å². The molecule has 1 unspecified atom stereocenters. The molecule has 0 heterocycles. The average Bonchev–Trinajstić information content (AvgIpc) is 2.21. The van der Waals surface area contributed by atoms with Crippen LogP contribution in [0.1, 0.15) is 59.8 Å². The molecule has 0 bridgehead atoms. The Kier molecular flexibility index (Phi) is 8.41. The van der Waals surface area contributed by atoms with Gasteiger partial charge in [-0.25, -0.2) is 0 Å². The Morgan fingerprint density at radius 3 is 2.27 bits per heavy atom. The van der Waals surface area contributed by atoms with E-state index >= 15 is 0 Å². The first-order chi connectivity index (χ1) is 7.17. The van der Waals surface area contributed by atoms with Crippen LogP contribution < -0.4 is 0 Å². The van der Waals surface area contributed by atoms with Crippen LogP contribution in [0.5, 0.6) is 0 Å². The van der Waals surface area contributed by atoms with Crippen molar-refractivity contribution in [2.75, 3.05) is 6.54 Å². The summed E-state index contributed by atoms with van der Waals surface area (Å²) in [6.07, 6.45) is 5.57. The van der Waals surface area contributed by atoms with Crippen molar-refractivity contribution in [3.63, 3.8) is 0 Å². The van der Waals surface area contributed by atoms with Crippen molar-refractivity contribution in [3.05, 3.63) is 0 Å². The maximum atomic E-state index is 8.79. The Balaban J connectivity index is 4.16. The fraction of sp³-hybridized carbons (Fsp3) is 0.923. The maximum Gasteiger partial charge on any atom is 0.0638 e. The topological polar surface area (TPSA) is 27.0 Å². The minimum Gasteiger partial charge on any atom is -0.297 e. The molecule has 0 fully saturated rings. The van der Waals surface area contributed by atoms with Gasteiger partial charge in [-0.3, -0.25) is 4.90 Å². The third-order valence-electron chi connectivity index (χ3n) is 2.95. The molecule has 0 aromatic heterocycles. The lowest BCUT2D eigenvalue weighted by atomic mass is 10.1. The molecule has 0 rings (SSSR count). The zero-order chi connectivity index (χ0) is 11.7. The predicted molar refractivity (Wildman–Crippen MR) is 65.7 cm³/mol. The summed E-state index contributed by atoms with van der Waals surface area (Å²) in [5.41, 5.74) is 0. The van der Waals surface area contributed by atoms with Gasteiger partial charge in [-0.05, 0) is 33.2 Å². The highest BCUT2D eigenvalue weighted by Gasteiger charge is 2.18. The molecule has 2 nitrogen and oxygen atoms in total. The fourth-order valence-electron chi connectivity index (χ4n) is 2.01. The van der Waals surface area contributed by atoms with Crippen LogP contribution in [0, 0.1) is 11.3 Å². The molecular formula is C13H26N2. The molecule has 0 radical (unpaired) electrons. The van der Waals surface area contributed by atoms with E-state index in [-0.39, 0.29) is 0 Å². The molecule has 2 heteroatoms. The number of rotatable bonds is 8. The minimum atomic E-state index is 0.451. The SMILES string of the molecule is CCCCCN(C(C)C)C(CC)CC#N. The van der Waals surface area contributed by atoms with Gasteiger partial charge in [0.25, 0.3) is 0 Å². The number of hydrogen-bond acceptors (Lipinski definition) is 2. The Morgan fingerprint density at radius 1 is 1.20 bits per heavy atom. The number of nitriles is 1. The molecule has 88 valence electrons. The van der Waals surface area contributed by atoms with E-state index in [4.69, 9.17) is 5.26 Å². The summed E-state index contributed by atoms with van der Waals surface area (Å²) in [6, 6.07) is 3.31. The monoisotopic (exact) mass is 210 g/mol. The Labute approximate surface area is 95.3 Å². The lowest BCUT2D eigenvalue weighted by molar-refractivity contribution is 0.147. The van der Waals surface area contributed by atoms with E-state index < -0.39 is 0 Å². The van der Waals surface area contributed by atoms with Gasteiger partial charge in [-0.2, -0.15) is 5.26 Å². The van der Waals surface area contributed by atoms with Crippen molar-refractivity contribution < 1.29 is 0 Å². The van der Waals surface area contributed by atoms with Crippen LogP contribution in [0.15, 0.2) is 0 Å². The van der Waals surface area contributed by atoms with Crippen LogP contribution in [0.25, 0.3) is 0 Å². The number of hydrogen-bond donors (Lipinski definition) is 0. The Hall–Kier alpha value is -0.550. The van der Waals surface area contributed by atoms with Crippen LogP contribution in [0.4, 0.5) is 0 Å². The van der Waals surface area contributed by atoms with Crippen molar-refractivity contribution in [2.24, 2.45) is 0 Å². The van der Waals surface area contributed by atoms with E-state index in [1.165, 1.54) is 19.3 Å². The highest BCUT2D eigenvalue weighted by Crippen LogP contribution is 2.13. The first-order valence-electron chi connectivity index (χ1n) is 6.30. The Morgan fingerprint density at radius 2 is 1.87 bits per heavy atom. The van der Waals surface area contributed by atoms with Crippen molar-refractivity contribution in [3.8, 4) is 6.07 Å². The van der Waals surface area contributed by atoms with Gasteiger partial charge < -0.3 is 0 Å². The Bertz CT molecular complexity index is 181. The van der Waals surface area contributed by atoms with E-state index in [9.17, 15) is 0 Å². The van der Waals surface area contributed by atoms with Gasteiger partial charge in [0, 0.05) is 12.1 Å². The van der Waals surface area contributed by atoms with Crippen molar-refractivity contribution in [1.82, 2.24) is 4.90 Å². The highest BCUT2D eigenvalue weighted by molar-refractivity contribution is 4.83. The van der Waals surface area contributed by atoms with Crippen LogP contribution in [0.3, 0.4) is 0 Å². The molecule has 1 atom stereocenters. The van der Waals surface area contributed by atoms with Gasteiger partial charge in [-0.1, -0.05) is 26.7 Å². The average molecular weight is 210 g/mol. The van der Waals surface area contributed by atoms with Gasteiger partial charge in [0.05, 0.1) is 12.5 Å². The lowest BCUT2D eigenvalue weighted by Crippen LogP contribution is -2.40. The second-order valence-corrected chi connectivity index (χ2v) is 4.46. The fourth-order valence-corrected chi connectivity index (χ4v) is 2.01. The molecule has 0 N–H and O–H groups in total. The van der Waals surface area contributed by atoms with Crippen LogP contribution in [-0.4, -0.2) is 23.5 Å². The van der Waals surface area contributed by atoms with E-state index in [0.29, 0.717) is 18.5 Å². The van der Waals surface area contributed by atoms with Gasteiger partial charge in [0.1, 0.15) is 0 Å². The van der Waals surface area contributed by atoms with E-state index in [0.717, 1.165) is 13.0 Å². The standard InChI is InChI=1S/C13H26N2/c1-5-7-8-11-15(12(3)4)13(6-2)9-10-14/h12-13H,5-9,11H2,1-4H3. The molecule has 0 aromatic carbocycles. The molecule has 0 aromatic rings. The van der Waals surface area contributed by atoms with Gasteiger partial charge in [-0.15, -0.1) is 0 Å². The van der Waals surface area contributed by atoms with Crippen LogP contribution in [-0.2, 0) is 0 Å². The normalized spacial score (nSPS) is 13.1.